The van der Waals surface area contributed by atoms with Crippen molar-refractivity contribution in [1.29, 1.82) is 0 Å². The summed E-state index contributed by atoms with van der Waals surface area (Å²) in [4.78, 5) is 14.7. The molecular weight excluding hydrogens is 364 g/mol. The predicted octanol–water partition coefficient (Wildman–Crippen LogP) is 2.68. The molecule has 152 valence electrons. The van der Waals surface area contributed by atoms with E-state index in [-0.39, 0.29) is 12.0 Å². The smallest absolute Gasteiger partial charge is 0.243 e. The molecular formula is C20H32N2O4S. The molecule has 1 saturated heterocycles. The number of carbonyl (C=O) groups excluding carboxylic acids is 1. The molecule has 0 aliphatic carbocycles. The zero-order valence-corrected chi connectivity index (χ0v) is 17.5. The first-order valence-electron chi connectivity index (χ1n) is 9.90. The first kappa shape index (κ1) is 21.9. The maximum absolute atomic E-state index is 12.5. The lowest BCUT2D eigenvalue weighted by Crippen LogP contribution is -2.43. The van der Waals surface area contributed by atoms with Gasteiger partial charge >= 0.3 is 0 Å². The molecule has 27 heavy (non-hydrogen) atoms. The molecule has 1 heterocycles. The van der Waals surface area contributed by atoms with Gasteiger partial charge < -0.3 is 9.64 Å². The van der Waals surface area contributed by atoms with Crippen LogP contribution in [0.5, 0.6) is 0 Å². The lowest BCUT2D eigenvalue weighted by Gasteiger charge is -2.32. The van der Waals surface area contributed by atoms with Crippen LogP contribution in [-0.4, -0.2) is 62.4 Å². The summed E-state index contributed by atoms with van der Waals surface area (Å²) in [6, 6.07) is 6.89. The SMILES string of the molecule is CCOC1CCCN(C(=O)CCc2ccc(S(=O)(=O)N(CC)CC)cc2)C1. The second-order valence-corrected chi connectivity index (χ2v) is 8.73. The number of ether oxygens (including phenoxy) is 1. The van der Waals surface area contributed by atoms with Crippen LogP contribution < -0.4 is 0 Å². The van der Waals surface area contributed by atoms with Gasteiger partial charge in [0, 0.05) is 39.2 Å². The molecule has 2 rings (SSSR count). The monoisotopic (exact) mass is 396 g/mol. The number of amides is 1. The molecule has 0 aromatic heterocycles. The average Bonchev–Trinajstić information content (AvgIpc) is 2.67. The Bertz CT molecular complexity index is 697. The average molecular weight is 397 g/mol. The molecule has 0 N–H and O–H groups in total. The Balaban J connectivity index is 1.92. The highest BCUT2D eigenvalue weighted by molar-refractivity contribution is 7.89. The van der Waals surface area contributed by atoms with E-state index in [1.165, 1.54) is 4.31 Å². The van der Waals surface area contributed by atoms with Gasteiger partial charge in [-0.15, -0.1) is 0 Å². The van der Waals surface area contributed by atoms with Gasteiger partial charge in [0.1, 0.15) is 0 Å². The summed E-state index contributed by atoms with van der Waals surface area (Å²) >= 11 is 0. The van der Waals surface area contributed by atoms with E-state index < -0.39 is 10.0 Å². The standard InChI is InChI=1S/C20H32N2O4S/c1-4-22(5-2)27(24,25)19-12-9-17(10-13-19)11-14-20(23)21-15-7-8-18(16-21)26-6-3/h9-10,12-13,18H,4-8,11,14-16H2,1-3H3. The van der Waals surface area contributed by atoms with E-state index in [1.807, 2.05) is 37.8 Å². The van der Waals surface area contributed by atoms with Crippen molar-refractivity contribution in [2.75, 3.05) is 32.8 Å². The minimum Gasteiger partial charge on any atom is -0.377 e. The van der Waals surface area contributed by atoms with E-state index in [9.17, 15) is 13.2 Å². The summed E-state index contributed by atoms with van der Waals surface area (Å²) in [6.07, 6.45) is 3.19. The molecule has 1 unspecified atom stereocenters. The third-order valence-corrected chi connectivity index (χ3v) is 7.09. The second kappa shape index (κ2) is 10.2. The van der Waals surface area contributed by atoms with E-state index in [1.54, 1.807) is 12.1 Å². The number of carbonyl (C=O) groups is 1. The Hall–Kier alpha value is -1.44. The Kier molecular flexibility index (Phi) is 8.26. The van der Waals surface area contributed by atoms with E-state index >= 15 is 0 Å². The van der Waals surface area contributed by atoms with Crippen LogP contribution in [0.25, 0.3) is 0 Å². The van der Waals surface area contributed by atoms with Crippen molar-refractivity contribution >= 4 is 15.9 Å². The number of likely N-dealkylation sites (tertiary alicyclic amines) is 1. The summed E-state index contributed by atoms with van der Waals surface area (Å²) in [5, 5.41) is 0. The predicted molar refractivity (Wildman–Crippen MR) is 106 cm³/mol. The van der Waals surface area contributed by atoms with Gasteiger partial charge in [-0.2, -0.15) is 4.31 Å². The Morgan fingerprint density at radius 2 is 1.85 bits per heavy atom. The summed E-state index contributed by atoms with van der Waals surface area (Å²) in [5.74, 6) is 0.138. The Labute approximate surface area is 163 Å². The lowest BCUT2D eigenvalue weighted by molar-refractivity contribution is -0.135. The van der Waals surface area contributed by atoms with Crippen LogP contribution in [0.3, 0.4) is 0 Å². The normalized spacial score (nSPS) is 18.1. The molecule has 0 bridgehead atoms. The highest BCUT2D eigenvalue weighted by atomic mass is 32.2. The molecule has 7 heteroatoms. The van der Waals surface area contributed by atoms with Gasteiger partial charge in [-0.3, -0.25) is 4.79 Å². The van der Waals surface area contributed by atoms with E-state index in [0.717, 1.165) is 24.9 Å². The first-order valence-corrected chi connectivity index (χ1v) is 11.3. The van der Waals surface area contributed by atoms with Crippen molar-refractivity contribution in [1.82, 2.24) is 9.21 Å². The van der Waals surface area contributed by atoms with Crippen molar-refractivity contribution in [3.05, 3.63) is 29.8 Å². The highest BCUT2D eigenvalue weighted by Gasteiger charge is 2.24. The molecule has 1 amide bonds. The quantitative estimate of drug-likeness (QED) is 0.644. The minimum atomic E-state index is -3.43. The van der Waals surface area contributed by atoms with Crippen molar-refractivity contribution in [2.45, 2.75) is 57.5 Å². The van der Waals surface area contributed by atoms with Gasteiger partial charge in [0.05, 0.1) is 11.0 Å². The zero-order chi connectivity index (χ0) is 19.9. The summed E-state index contributed by atoms with van der Waals surface area (Å²) in [5.41, 5.74) is 0.972. The number of piperidine rings is 1. The fourth-order valence-corrected chi connectivity index (χ4v) is 4.94. The van der Waals surface area contributed by atoms with Crippen LogP contribution in [0.2, 0.25) is 0 Å². The fourth-order valence-electron chi connectivity index (χ4n) is 3.49. The number of nitrogens with zero attached hydrogens (tertiary/aromatic N) is 2. The van der Waals surface area contributed by atoms with Crippen molar-refractivity contribution < 1.29 is 17.9 Å². The van der Waals surface area contributed by atoms with Gasteiger partial charge in [-0.05, 0) is 43.9 Å². The summed E-state index contributed by atoms with van der Waals surface area (Å²) < 4.78 is 32.1. The highest BCUT2D eigenvalue weighted by Crippen LogP contribution is 2.18. The van der Waals surface area contributed by atoms with Crippen LogP contribution in [0.1, 0.15) is 45.6 Å². The molecule has 0 radical (unpaired) electrons. The number of sulfonamides is 1. The molecule has 1 aliphatic heterocycles. The Morgan fingerprint density at radius 1 is 1.19 bits per heavy atom. The largest absolute Gasteiger partial charge is 0.377 e. The molecule has 1 aliphatic rings. The summed E-state index contributed by atoms with van der Waals surface area (Å²) in [7, 11) is -3.43. The third-order valence-electron chi connectivity index (χ3n) is 5.03. The van der Waals surface area contributed by atoms with Crippen molar-refractivity contribution in [3.8, 4) is 0 Å². The second-order valence-electron chi connectivity index (χ2n) is 6.79. The van der Waals surface area contributed by atoms with Gasteiger partial charge in [0.2, 0.25) is 15.9 Å². The molecule has 1 atom stereocenters. The number of rotatable bonds is 9. The minimum absolute atomic E-state index is 0.138. The van der Waals surface area contributed by atoms with Crippen molar-refractivity contribution in [3.63, 3.8) is 0 Å². The van der Waals surface area contributed by atoms with Crippen LogP contribution >= 0.6 is 0 Å². The molecule has 6 nitrogen and oxygen atoms in total. The molecule has 1 fully saturated rings. The maximum Gasteiger partial charge on any atom is 0.243 e. The molecule has 1 aromatic rings. The van der Waals surface area contributed by atoms with Gasteiger partial charge in [0.15, 0.2) is 0 Å². The van der Waals surface area contributed by atoms with Gasteiger partial charge in [-0.25, -0.2) is 8.42 Å². The Morgan fingerprint density at radius 3 is 2.44 bits per heavy atom. The first-order chi connectivity index (χ1) is 12.9. The van der Waals surface area contributed by atoms with E-state index in [0.29, 0.717) is 44.0 Å². The van der Waals surface area contributed by atoms with E-state index in [2.05, 4.69) is 0 Å². The zero-order valence-electron chi connectivity index (χ0n) is 16.7. The number of benzene rings is 1. The van der Waals surface area contributed by atoms with Crippen LogP contribution in [-0.2, 0) is 26.0 Å². The number of hydrogen-bond acceptors (Lipinski definition) is 4. The molecule has 0 saturated carbocycles. The van der Waals surface area contributed by atoms with Crippen LogP contribution in [0.15, 0.2) is 29.2 Å². The fraction of sp³-hybridized carbons (Fsp3) is 0.650. The topological polar surface area (TPSA) is 66.9 Å². The van der Waals surface area contributed by atoms with E-state index in [4.69, 9.17) is 4.74 Å². The third kappa shape index (κ3) is 5.77. The summed E-state index contributed by atoms with van der Waals surface area (Å²) in [6.45, 7) is 8.69. The molecule has 1 aromatic carbocycles. The van der Waals surface area contributed by atoms with Gasteiger partial charge in [0.25, 0.3) is 0 Å². The molecule has 0 spiro atoms. The van der Waals surface area contributed by atoms with Crippen LogP contribution in [0.4, 0.5) is 0 Å². The maximum atomic E-state index is 12.5. The lowest BCUT2D eigenvalue weighted by atomic mass is 10.1. The van der Waals surface area contributed by atoms with Crippen LogP contribution in [0, 0.1) is 0 Å². The number of hydrogen-bond donors (Lipinski definition) is 0. The number of aryl methyl sites for hydroxylation is 1. The van der Waals surface area contributed by atoms with Crippen molar-refractivity contribution in [2.24, 2.45) is 0 Å². The van der Waals surface area contributed by atoms with Gasteiger partial charge in [-0.1, -0.05) is 26.0 Å².